The van der Waals surface area contributed by atoms with Gasteiger partial charge in [-0.05, 0) is 87.0 Å². The summed E-state index contributed by atoms with van der Waals surface area (Å²) in [6, 6.07) is 5.83. The maximum atomic E-state index is 12.7. The summed E-state index contributed by atoms with van der Waals surface area (Å²) in [6.45, 7) is 1.59. The number of rotatable bonds is 6. The predicted molar refractivity (Wildman–Crippen MR) is 107 cm³/mol. The molecular weight excluding hydrogens is 372 g/mol. The first-order chi connectivity index (χ1) is 13.8. The second kappa shape index (κ2) is 7.61. The van der Waals surface area contributed by atoms with Crippen molar-refractivity contribution < 1.29 is 19.2 Å². The van der Waals surface area contributed by atoms with Crippen molar-refractivity contribution in [3.8, 4) is 0 Å². The number of nitro groups is 1. The largest absolute Gasteiger partial charge is 0.449 e. The van der Waals surface area contributed by atoms with E-state index in [2.05, 4.69) is 5.32 Å². The molecular formula is C22H26N2O5. The van der Waals surface area contributed by atoms with Gasteiger partial charge in [0.15, 0.2) is 6.10 Å². The number of ether oxygens (including phenoxy) is 1. The van der Waals surface area contributed by atoms with Gasteiger partial charge in [0, 0.05) is 23.7 Å². The maximum Gasteiger partial charge on any atom is 0.331 e. The SMILES string of the molecule is C[C@@H](OC(=O)/C=C/c1ccc([N+](=O)[O-])cc1)C(=O)NC12CC3CC(CC(C3)C1)C2. The van der Waals surface area contributed by atoms with Crippen LogP contribution in [0.15, 0.2) is 30.3 Å². The molecule has 7 nitrogen and oxygen atoms in total. The molecule has 0 saturated heterocycles. The Morgan fingerprint density at radius 2 is 1.69 bits per heavy atom. The van der Waals surface area contributed by atoms with Gasteiger partial charge in [-0.25, -0.2) is 4.79 Å². The minimum absolute atomic E-state index is 0.0142. The lowest BCUT2D eigenvalue weighted by Gasteiger charge is -2.57. The highest BCUT2D eigenvalue weighted by Gasteiger charge is 2.51. The number of nitrogens with zero attached hydrogens (tertiary/aromatic N) is 1. The summed E-state index contributed by atoms with van der Waals surface area (Å²) in [5.74, 6) is 1.33. The standard InChI is InChI=1S/C22H26N2O5/c1-14(29-20(25)7-4-15-2-5-19(6-3-15)24(27)28)21(26)23-22-11-16-8-17(12-22)10-18(9-16)13-22/h2-7,14,16-18H,8-13H2,1H3,(H,23,26)/b7-4+/t14-,16?,17?,18?,22?/m1/s1. The molecule has 4 saturated carbocycles. The summed E-state index contributed by atoms with van der Waals surface area (Å²) in [4.78, 5) is 34.9. The second-order valence-electron chi connectivity index (χ2n) is 8.95. The van der Waals surface area contributed by atoms with Gasteiger partial charge < -0.3 is 10.1 Å². The smallest absolute Gasteiger partial charge is 0.331 e. The van der Waals surface area contributed by atoms with Crippen LogP contribution in [-0.4, -0.2) is 28.4 Å². The van der Waals surface area contributed by atoms with E-state index in [1.54, 1.807) is 19.1 Å². The van der Waals surface area contributed by atoms with E-state index >= 15 is 0 Å². The number of nitrogens with one attached hydrogen (secondary N) is 1. The summed E-state index contributed by atoms with van der Waals surface area (Å²) < 4.78 is 5.26. The number of amides is 1. The Balaban J connectivity index is 1.30. The van der Waals surface area contributed by atoms with E-state index in [4.69, 9.17) is 4.74 Å². The molecule has 4 aliphatic carbocycles. The number of carbonyl (C=O) groups excluding carboxylic acids is 2. The van der Waals surface area contributed by atoms with Crippen molar-refractivity contribution in [3.05, 3.63) is 46.0 Å². The molecule has 4 bridgehead atoms. The molecule has 0 aliphatic heterocycles. The monoisotopic (exact) mass is 398 g/mol. The minimum atomic E-state index is -0.864. The zero-order valence-electron chi connectivity index (χ0n) is 16.5. The average Bonchev–Trinajstić information content (AvgIpc) is 2.65. The fourth-order valence-corrected chi connectivity index (χ4v) is 5.77. The Kier molecular flexibility index (Phi) is 5.15. The van der Waals surface area contributed by atoms with Crippen LogP contribution in [-0.2, 0) is 14.3 Å². The number of hydrogen-bond donors (Lipinski definition) is 1. The molecule has 0 radical (unpaired) electrons. The number of hydrogen-bond acceptors (Lipinski definition) is 5. The van der Waals surface area contributed by atoms with Crippen LogP contribution in [0.2, 0.25) is 0 Å². The first-order valence-corrected chi connectivity index (χ1v) is 10.3. The average molecular weight is 398 g/mol. The van der Waals surface area contributed by atoms with Crippen molar-refractivity contribution >= 4 is 23.6 Å². The van der Waals surface area contributed by atoms with Crippen LogP contribution in [0, 0.1) is 27.9 Å². The summed E-state index contributed by atoms with van der Waals surface area (Å²) in [5.41, 5.74) is 0.513. The van der Waals surface area contributed by atoms with Crippen LogP contribution in [0.4, 0.5) is 5.69 Å². The molecule has 4 fully saturated rings. The third kappa shape index (κ3) is 4.33. The zero-order valence-corrected chi connectivity index (χ0v) is 16.5. The lowest BCUT2D eigenvalue weighted by atomic mass is 9.53. The van der Waals surface area contributed by atoms with E-state index in [0.717, 1.165) is 37.0 Å². The molecule has 0 aromatic heterocycles. The van der Waals surface area contributed by atoms with Gasteiger partial charge in [0.2, 0.25) is 0 Å². The molecule has 154 valence electrons. The van der Waals surface area contributed by atoms with Crippen LogP contribution in [0.25, 0.3) is 6.08 Å². The number of non-ortho nitro benzene ring substituents is 1. The van der Waals surface area contributed by atoms with Gasteiger partial charge in [0.1, 0.15) is 0 Å². The maximum absolute atomic E-state index is 12.7. The molecule has 1 aromatic rings. The van der Waals surface area contributed by atoms with Gasteiger partial charge in [-0.1, -0.05) is 0 Å². The lowest BCUT2D eigenvalue weighted by Crippen LogP contribution is -2.61. The molecule has 1 aromatic carbocycles. The highest BCUT2D eigenvalue weighted by atomic mass is 16.6. The Labute approximate surface area is 169 Å². The highest BCUT2D eigenvalue weighted by Crippen LogP contribution is 2.55. The van der Waals surface area contributed by atoms with Gasteiger partial charge in [0.25, 0.3) is 11.6 Å². The van der Waals surface area contributed by atoms with Crippen LogP contribution in [0.3, 0.4) is 0 Å². The Bertz CT molecular complexity index is 810. The van der Waals surface area contributed by atoms with E-state index < -0.39 is 17.0 Å². The normalized spacial score (nSPS) is 30.9. The van der Waals surface area contributed by atoms with E-state index in [-0.39, 0.29) is 17.1 Å². The molecule has 1 amide bonds. The molecule has 5 rings (SSSR count). The first kappa shape index (κ1) is 19.6. The number of carbonyl (C=O) groups is 2. The summed E-state index contributed by atoms with van der Waals surface area (Å²) in [5, 5.41) is 13.9. The molecule has 7 heteroatoms. The van der Waals surface area contributed by atoms with Crippen molar-refractivity contribution in [2.75, 3.05) is 0 Å². The van der Waals surface area contributed by atoms with Crippen LogP contribution in [0.5, 0.6) is 0 Å². The number of esters is 1. The van der Waals surface area contributed by atoms with Gasteiger partial charge in [0.05, 0.1) is 4.92 Å². The van der Waals surface area contributed by atoms with Gasteiger partial charge >= 0.3 is 5.97 Å². The van der Waals surface area contributed by atoms with Gasteiger partial charge in [-0.15, -0.1) is 0 Å². The van der Waals surface area contributed by atoms with E-state index in [9.17, 15) is 19.7 Å². The van der Waals surface area contributed by atoms with Crippen molar-refractivity contribution in [2.45, 2.75) is 57.1 Å². The lowest BCUT2D eigenvalue weighted by molar-refractivity contribution is -0.384. The van der Waals surface area contributed by atoms with Crippen LogP contribution in [0.1, 0.15) is 51.0 Å². The molecule has 1 N–H and O–H groups in total. The first-order valence-electron chi connectivity index (χ1n) is 10.3. The van der Waals surface area contributed by atoms with E-state index in [1.165, 1.54) is 43.5 Å². The van der Waals surface area contributed by atoms with Crippen molar-refractivity contribution in [3.63, 3.8) is 0 Å². The molecule has 0 unspecified atom stereocenters. The minimum Gasteiger partial charge on any atom is -0.449 e. The predicted octanol–water partition coefficient (Wildman–Crippen LogP) is 3.62. The summed E-state index contributed by atoms with van der Waals surface area (Å²) in [6.07, 6.45) is 8.91. The van der Waals surface area contributed by atoms with E-state index in [1.807, 2.05) is 0 Å². The van der Waals surface area contributed by atoms with Gasteiger partial charge in [-0.2, -0.15) is 0 Å². The fourth-order valence-electron chi connectivity index (χ4n) is 5.77. The Morgan fingerprint density at radius 1 is 1.14 bits per heavy atom. The van der Waals surface area contributed by atoms with Crippen molar-refractivity contribution in [1.29, 1.82) is 0 Å². The Hall–Kier alpha value is -2.70. The number of nitro benzene ring substituents is 1. The fraction of sp³-hybridized carbons (Fsp3) is 0.545. The van der Waals surface area contributed by atoms with Gasteiger partial charge in [-0.3, -0.25) is 14.9 Å². The molecule has 0 spiro atoms. The number of benzene rings is 1. The highest BCUT2D eigenvalue weighted by molar-refractivity contribution is 5.90. The molecule has 0 heterocycles. The zero-order chi connectivity index (χ0) is 20.6. The summed E-state index contributed by atoms with van der Waals surface area (Å²) in [7, 11) is 0. The van der Waals surface area contributed by atoms with Crippen LogP contribution >= 0.6 is 0 Å². The summed E-state index contributed by atoms with van der Waals surface area (Å²) >= 11 is 0. The topological polar surface area (TPSA) is 98.5 Å². The Morgan fingerprint density at radius 3 is 2.21 bits per heavy atom. The van der Waals surface area contributed by atoms with Crippen molar-refractivity contribution in [2.24, 2.45) is 17.8 Å². The van der Waals surface area contributed by atoms with E-state index in [0.29, 0.717) is 5.56 Å². The third-order valence-corrected chi connectivity index (χ3v) is 6.60. The molecule has 4 aliphatic rings. The van der Waals surface area contributed by atoms with Crippen molar-refractivity contribution in [1.82, 2.24) is 5.32 Å². The third-order valence-electron chi connectivity index (χ3n) is 6.60. The molecule has 29 heavy (non-hydrogen) atoms. The van der Waals surface area contributed by atoms with Crippen LogP contribution < -0.4 is 5.32 Å². The second-order valence-corrected chi connectivity index (χ2v) is 8.95. The molecule has 1 atom stereocenters. The quantitative estimate of drug-likeness (QED) is 0.341.